The number of likely N-dealkylation sites (N-methyl/N-ethyl adjacent to an activating group) is 1. The summed E-state index contributed by atoms with van der Waals surface area (Å²) in [5, 5.41) is 0. The van der Waals surface area contributed by atoms with Gasteiger partial charge in [-0.2, -0.15) is 0 Å². The summed E-state index contributed by atoms with van der Waals surface area (Å²) in [7, 11) is -1.45. The summed E-state index contributed by atoms with van der Waals surface area (Å²) in [5.41, 5.74) is 0. The molecule has 0 spiro atoms. The molecule has 2 saturated heterocycles. The van der Waals surface area contributed by atoms with E-state index in [-0.39, 0.29) is 17.0 Å². The van der Waals surface area contributed by atoms with Crippen molar-refractivity contribution in [3.63, 3.8) is 0 Å². The van der Waals surface area contributed by atoms with Crippen LogP contribution >= 0.6 is 0 Å². The summed E-state index contributed by atoms with van der Waals surface area (Å²) in [4.78, 5) is 8.67. The molecule has 8 heteroatoms. The molecular formula is C14H22N4O3S. The molecule has 0 aliphatic carbocycles. The van der Waals surface area contributed by atoms with E-state index in [1.54, 1.807) is 18.3 Å². The third-order valence-corrected chi connectivity index (χ3v) is 5.78. The van der Waals surface area contributed by atoms with Gasteiger partial charge < -0.3 is 9.64 Å². The van der Waals surface area contributed by atoms with Crippen molar-refractivity contribution in [3.05, 3.63) is 24.5 Å². The van der Waals surface area contributed by atoms with Gasteiger partial charge in [0.2, 0.25) is 10.0 Å². The van der Waals surface area contributed by atoms with Crippen LogP contribution in [0.1, 0.15) is 0 Å². The maximum atomic E-state index is 12.4. The molecule has 0 bridgehead atoms. The van der Waals surface area contributed by atoms with E-state index in [9.17, 15) is 8.42 Å². The highest BCUT2D eigenvalue weighted by molar-refractivity contribution is 7.89. The Morgan fingerprint density at radius 2 is 2.05 bits per heavy atom. The summed E-state index contributed by atoms with van der Waals surface area (Å²) >= 11 is 0. The van der Waals surface area contributed by atoms with Crippen molar-refractivity contribution in [2.45, 2.75) is 17.0 Å². The molecule has 2 aliphatic heterocycles. The van der Waals surface area contributed by atoms with Gasteiger partial charge >= 0.3 is 0 Å². The van der Waals surface area contributed by atoms with Crippen molar-refractivity contribution < 1.29 is 13.2 Å². The fourth-order valence-electron chi connectivity index (χ4n) is 2.94. The molecule has 1 aromatic heterocycles. The molecule has 3 heterocycles. The number of hydrogen-bond acceptors (Lipinski definition) is 6. The van der Waals surface area contributed by atoms with Crippen LogP contribution in [0.2, 0.25) is 0 Å². The van der Waals surface area contributed by atoms with Crippen LogP contribution in [0, 0.1) is 0 Å². The summed E-state index contributed by atoms with van der Waals surface area (Å²) in [6.45, 7) is 4.86. The quantitative estimate of drug-likeness (QED) is 0.794. The predicted octanol–water partition coefficient (Wildman–Crippen LogP) is -0.625. The Bertz CT molecular complexity index is 587. The largest absolute Gasteiger partial charge is 0.378 e. The van der Waals surface area contributed by atoms with E-state index in [1.807, 2.05) is 0 Å². The van der Waals surface area contributed by atoms with Crippen molar-refractivity contribution in [2.75, 3.05) is 46.4 Å². The lowest BCUT2D eigenvalue weighted by Crippen LogP contribution is -2.56. The highest BCUT2D eigenvalue weighted by Crippen LogP contribution is 2.18. The molecule has 2 atom stereocenters. The number of nitrogens with zero attached hydrogens (tertiary/aromatic N) is 3. The van der Waals surface area contributed by atoms with Gasteiger partial charge in [-0.15, -0.1) is 0 Å². The smallest absolute Gasteiger partial charge is 0.242 e. The normalized spacial score (nSPS) is 28.0. The van der Waals surface area contributed by atoms with E-state index < -0.39 is 10.0 Å². The van der Waals surface area contributed by atoms with Crippen molar-refractivity contribution in [3.8, 4) is 0 Å². The minimum absolute atomic E-state index is 0.0974. The number of ether oxygens (including phenoxy) is 1. The van der Waals surface area contributed by atoms with Gasteiger partial charge in [-0.1, -0.05) is 0 Å². The number of nitrogens with one attached hydrogen (secondary N) is 1. The Balaban J connectivity index is 1.69. The summed E-state index contributed by atoms with van der Waals surface area (Å²) in [6, 6.07) is 3.06. The molecule has 0 aromatic carbocycles. The van der Waals surface area contributed by atoms with E-state index >= 15 is 0 Å². The topological polar surface area (TPSA) is 74.8 Å². The van der Waals surface area contributed by atoms with Crippen molar-refractivity contribution in [2.24, 2.45) is 0 Å². The molecule has 2 aliphatic rings. The second kappa shape index (κ2) is 6.59. The lowest BCUT2D eigenvalue weighted by molar-refractivity contribution is 0.0930. The summed E-state index contributed by atoms with van der Waals surface area (Å²) in [5.74, 6) is 0. The zero-order chi connectivity index (χ0) is 15.6. The molecule has 0 saturated carbocycles. The first kappa shape index (κ1) is 15.8. The van der Waals surface area contributed by atoms with Crippen LogP contribution in [0.3, 0.4) is 0 Å². The van der Waals surface area contributed by atoms with Crippen molar-refractivity contribution in [1.29, 1.82) is 0 Å². The molecule has 2 fully saturated rings. The average molecular weight is 326 g/mol. The molecule has 0 unspecified atom stereocenters. The highest BCUT2D eigenvalue weighted by atomic mass is 32.2. The fraction of sp³-hybridized carbons (Fsp3) is 0.643. The minimum Gasteiger partial charge on any atom is -0.378 e. The van der Waals surface area contributed by atoms with E-state index in [1.165, 1.54) is 6.20 Å². The van der Waals surface area contributed by atoms with Gasteiger partial charge in [0.1, 0.15) is 4.90 Å². The molecule has 22 heavy (non-hydrogen) atoms. The second-order valence-corrected chi connectivity index (χ2v) is 7.57. The lowest BCUT2D eigenvalue weighted by atomic mass is 10.1. The Morgan fingerprint density at radius 3 is 2.73 bits per heavy atom. The van der Waals surface area contributed by atoms with Gasteiger partial charge in [0.05, 0.1) is 25.3 Å². The fourth-order valence-corrected chi connectivity index (χ4v) is 4.16. The monoisotopic (exact) mass is 326 g/mol. The molecular weight excluding hydrogens is 304 g/mol. The van der Waals surface area contributed by atoms with Crippen molar-refractivity contribution >= 4 is 10.0 Å². The zero-order valence-corrected chi connectivity index (χ0v) is 13.5. The first-order valence-corrected chi connectivity index (χ1v) is 8.97. The van der Waals surface area contributed by atoms with Gasteiger partial charge in [-0.25, -0.2) is 13.1 Å². The molecule has 0 amide bonds. The standard InChI is InChI=1S/C14H22N4O3S/c1-17-5-7-18(8-6-17)14-11-21-10-13(14)16-22(19,20)12-3-2-4-15-9-12/h2-4,9,13-14,16H,5-8,10-11H2,1H3/t13-,14-/m0/s1. The van der Waals surface area contributed by atoms with E-state index in [2.05, 4.69) is 26.6 Å². The minimum atomic E-state index is -3.56. The number of aromatic nitrogens is 1. The van der Waals surface area contributed by atoms with E-state index in [0.29, 0.717) is 13.2 Å². The van der Waals surface area contributed by atoms with Gasteiger partial charge in [0.25, 0.3) is 0 Å². The van der Waals surface area contributed by atoms with Crippen LogP contribution in [-0.2, 0) is 14.8 Å². The van der Waals surface area contributed by atoms with Crippen LogP contribution < -0.4 is 4.72 Å². The Hall–Kier alpha value is -1.06. The number of hydrogen-bond donors (Lipinski definition) is 1. The van der Waals surface area contributed by atoms with Gasteiger partial charge in [-0.05, 0) is 19.2 Å². The molecule has 3 rings (SSSR count). The van der Waals surface area contributed by atoms with Crippen LogP contribution in [0.4, 0.5) is 0 Å². The number of pyridine rings is 1. The Morgan fingerprint density at radius 1 is 1.27 bits per heavy atom. The summed E-state index contributed by atoms with van der Waals surface area (Å²) < 4.78 is 33.2. The Kier molecular flexibility index (Phi) is 4.74. The SMILES string of the molecule is CN1CCN([C@H]2COC[C@@H]2NS(=O)(=O)c2cccnc2)CC1. The molecule has 1 N–H and O–H groups in total. The number of sulfonamides is 1. The highest BCUT2D eigenvalue weighted by Gasteiger charge is 2.36. The summed E-state index contributed by atoms with van der Waals surface area (Å²) in [6.07, 6.45) is 2.92. The van der Waals surface area contributed by atoms with Crippen LogP contribution in [0.5, 0.6) is 0 Å². The first-order valence-electron chi connectivity index (χ1n) is 7.49. The van der Waals surface area contributed by atoms with Gasteiger partial charge in [-0.3, -0.25) is 9.88 Å². The molecule has 122 valence electrons. The third kappa shape index (κ3) is 3.47. The number of piperazine rings is 1. The Labute approximate surface area is 131 Å². The van der Waals surface area contributed by atoms with Crippen LogP contribution in [-0.4, -0.2) is 81.7 Å². The van der Waals surface area contributed by atoms with E-state index in [0.717, 1.165) is 26.2 Å². The molecule has 1 aromatic rings. The van der Waals surface area contributed by atoms with Crippen LogP contribution in [0.25, 0.3) is 0 Å². The van der Waals surface area contributed by atoms with Crippen LogP contribution in [0.15, 0.2) is 29.4 Å². The maximum Gasteiger partial charge on any atom is 0.242 e. The second-order valence-electron chi connectivity index (χ2n) is 5.86. The third-order valence-electron chi connectivity index (χ3n) is 4.31. The van der Waals surface area contributed by atoms with Gasteiger partial charge in [0, 0.05) is 38.6 Å². The molecule has 0 radical (unpaired) electrons. The van der Waals surface area contributed by atoms with E-state index in [4.69, 9.17) is 4.74 Å². The maximum absolute atomic E-state index is 12.4. The van der Waals surface area contributed by atoms with Crippen molar-refractivity contribution in [1.82, 2.24) is 19.5 Å². The number of rotatable bonds is 4. The predicted molar refractivity (Wildman–Crippen MR) is 82.0 cm³/mol. The zero-order valence-electron chi connectivity index (χ0n) is 12.7. The first-order chi connectivity index (χ1) is 10.6. The molecule has 7 nitrogen and oxygen atoms in total. The average Bonchev–Trinajstić information content (AvgIpc) is 2.96. The lowest BCUT2D eigenvalue weighted by Gasteiger charge is -2.37. The van der Waals surface area contributed by atoms with Gasteiger partial charge in [0.15, 0.2) is 0 Å².